The Balaban J connectivity index is 1.65. The summed E-state index contributed by atoms with van der Waals surface area (Å²) in [6.45, 7) is 4.62. The van der Waals surface area contributed by atoms with Gasteiger partial charge in [0.25, 0.3) is 0 Å². The summed E-state index contributed by atoms with van der Waals surface area (Å²) in [5, 5.41) is 4.19. The van der Waals surface area contributed by atoms with Crippen LogP contribution in [0.25, 0.3) is 11.1 Å². The number of ether oxygens (including phenoxy) is 1. The Labute approximate surface area is 165 Å². The molecule has 0 spiro atoms. The Kier molecular flexibility index (Phi) is 6.85. The third-order valence-corrected chi connectivity index (χ3v) is 5.18. The maximum absolute atomic E-state index is 11.0. The lowest BCUT2D eigenvalue weighted by Crippen LogP contribution is -2.56. The van der Waals surface area contributed by atoms with Crippen molar-refractivity contribution in [2.45, 2.75) is 25.6 Å². The molecule has 6 heteroatoms. The summed E-state index contributed by atoms with van der Waals surface area (Å²) < 4.78 is 5.61. The molecule has 1 amide bonds. The fourth-order valence-electron chi connectivity index (χ4n) is 3.49. The second-order valence-electron chi connectivity index (χ2n) is 6.88. The van der Waals surface area contributed by atoms with E-state index < -0.39 is 5.91 Å². The minimum atomic E-state index is -0.439. The third kappa shape index (κ3) is 5.53. The fourth-order valence-corrected chi connectivity index (χ4v) is 3.62. The maximum Gasteiger partial charge on any atom is 0.243 e. The Morgan fingerprint density at radius 3 is 2.48 bits per heavy atom. The van der Waals surface area contributed by atoms with Gasteiger partial charge in [-0.2, -0.15) is 0 Å². The van der Waals surface area contributed by atoms with E-state index in [-0.39, 0.29) is 12.8 Å². The number of hydrogen-bond donors (Lipinski definition) is 2. The van der Waals surface area contributed by atoms with Gasteiger partial charge in [0.15, 0.2) is 0 Å². The number of halogens is 1. The first-order chi connectivity index (χ1) is 13.0. The van der Waals surface area contributed by atoms with Crippen molar-refractivity contribution in [1.29, 1.82) is 0 Å². The molecule has 0 aliphatic carbocycles. The number of nitrogens with one attached hydrogen (secondary N) is 1. The molecule has 5 nitrogen and oxygen atoms in total. The molecule has 0 bridgehead atoms. The van der Waals surface area contributed by atoms with Crippen LogP contribution in [0.15, 0.2) is 48.5 Å². The van der Waals surface area contributed by atoms with Crippen molar-refractivity contribution in [3.8, 4) is 11.1 Å². The van der Waals surface area contributed by atoms with Gasteiger partial charge in [0, 0.05) is 30.7 Å². The van der Waals surface area contributed by atoms with Crippen LogP contribution in [-0.2, 0) is 16.0 Å². The monoisotopic (exact) mass is 387 g/mol. The van der Waals surface area contributed by atoms with Crippen LogP contribution in [0.4, 0.5) is 0 Å². The first kappa shape index (κ1) is 19.8. The van der Waals surface area contributed by atoms with Gasteiger partial charge in [0.1, 0.15) is 12.8 Å². The number of nitrogens with zero attached hydrogens (tertiary/aromatic N) is 1. The number of rotatable bonds is 7. The average Bonchev–Trinajstić information content (AvgIpc) is 2.68. The quantitative estimate of drug-likeness (QED) is 0.766. The molecule has 0 saturated carbocycles. The molecule has 1 heterocycles. The van der Waals surface area contributed by atoms with Crippen LogP contribution < -0.4 is 11.1 Å². The number of carbonyl (C=O) groups is 1. The summed E-state index contributed by atoms with van der Waals surface area (Å²) in [5.41, 5.74) is 8.79. The fraction of sp³-hybridized carbons (Fsp3) is 0.381. The third-order valence-electron chi connectivity index (χ3n) is 4.93. The summed E-state index contributed by atoms with van der Waals surface area (Å²) in [5.74, 6) is -0.439. The zero-order valence-electron chi connectivity index (χ0n) is 15.5. The second-order valence-corrected chi connectivity index (χ2v) is 7.32. The molecule has 3 N–H and O–H groups in total. The molecule has 3 rings (SSSR count). The van der Waals surface area contributed by atoms with Gasteiger partial charge in [0.2, 0.25) is 5.91 Å². The molecule has 2 aromatic rings. The Morgan fingerprint density at radius 1 is 1.22 bits per heavy atom. The van der Waals surface area contributed by atoms with E-state index in [1.54, 1.807) is 0 Å². The van der Waals surface area contributed by atoms with E-state index in [2.05, 4.69) is 34.5 Å². The molecule has 2 atom stereocenters. The Hall–Kier alpha value is -1.92. The number of carbonyl (C=O) groups excluding carboxylic acids is 1. The van der Waals surface area contributed by atoms with Crippen molar-refractivity contribution in [3.05, 3.63) is 59.1 Å². The largest absolute Gasteiger partial charge is 0.368 e. The van der Waals surface area contributed by atoms with E-state index in [9.17, 15) is 4.79 Å². The number of piperazine rings is 1. The van der Waals surface area contributed by atoms with E-state index >= 15 is 0 Å². The van der Waals surface area contributed by atoms with Gasteiger partial charge in [-0.05, 0) is 42.2 Å². The van der Waals surface area contributed by atoms with Crippen LogP contribution in [0, 0.1) is 0 Å². The lowest BCUT2D eigenvalue weighted by Gasteiger charge is -2.40. The maximum atomic E-state index is 11.0. The van der Waals surface area contributed by atoms with Gasteiger partial charge < -0.3 is 15.8 Å². The molecular weight excluding hydrogens is 362 g/mol. The molecule has 1 aliphatic rings. The van der Waals surface area contributed by atoms with Crippen LogP contribution in [-0.4, -0.2) is 49.3 Å². The van der Waals surface area contributed by atoms with E-state index in [0.717, 1.165) is 36.6 Å². The lowest BCUT2D eigenvalue weighted by molar-refractivity contribution is -0.131. The SMILES string of the molecule is CC(OCC(N)=O)N1CCNCC1Cc1ccc(-c2ccc(Cl)cc2)cc1. The van der Waals surface area contributed by atoms with Crippen LogP contribution >= 0.6 is 11.6 Å². The topological polar surface area (TPSA) is 67.6 Å². The predicted octanol–water partition coefficient (Wildman–Crippen LogP) is 2.67. The molecule has 144 valence electrons. The molecule has 0 radical (unpaired) electrons. The van der Waals surface area contributed by atoms with Crippen LogP contribution in [0.1, 0.15) is 12.5 Å². The van der Waals surface area contributed by atoms with Crippen LogP contribution in [0.2, 0.25) is 5.02 Å². The van der Waals surface area contributed by atoms with Crippen molar-refractivity contribution in [2.24, 2.45) is 5.73 Å². The molecule has 0 aromatic heterocycles. The number of nitrogens with two attached hydrogens (primary N) is 1. The van der Waals surface area contributed by atoms with E-state index in [4.69, 9.17) is 22.1 Å². The summed E-state index contributed by atoms with van der Waals surface area (Å²) in [6.07, 6.45) is 0.774. The van der Waals surface area contributed by atoms with Gasteiger partial charge in [-0.3, -0.25) is 9.69 Å². The molecule has 1 saturated heterocycles. The zero-order valence-corrected chi connectivity index (χ0v) is 16.3. The zero-order chi connectivity index (χ0) is 19.2. The second kappa shape index (κ2) is 9.33. The Bertz CT molecular complexity index is 749. The van der Waals surface area contributed by atoms with Gasteiger partial charge >= 0.3 is 0 Å². The van der Waals surface area contributed by atoms with Crippen molar-refractivity contribution in [3.63, 3.8) is 0 Å². The summed E-state index contributed by atoms with van der Waals surface area (Å²) in [4.78, 5) is 13.3. The highest BCUT2D eigenvalue weighted by atomic mass is 35.5. The van der Waals surface area contributed by atoms with Crippen molar-refractivity contribution in [2.75, 3.05) is 26.2 Å². The minimum Gasteiger partial charge on any atom is -0.368 e. The first-order valence-electron chi connectivity index (χ1n) is 9.24. The van der Waals surface area contributed by atoms with Gasteiger partial charge in [-0.15, -0.1) is 0 Å². The Morgan fingerprint density at radius 2 is 1.85 bits per heavy atom. The number of benzene rings is 2. The normalized spacial score (nSPS) is 19.0. The highest BCUT2D eigenvalue weighted by Gasteiger charge is 2.27. The molecule has 2 unspecified atom stereocenters. The minimum absolute atomic E-state index is 0.0480. The summed E-state index contributed by atoms with van der Waals surface area (Å²) >= 11 is 5.97. The number of amides is 1. The smallest absolute Gasteiger partial charge is 0.243 e. The van der Waals surface area contributed by atoms with Gasteiger partial charge in [-0.1, -0.05) is 48.0 Å². The molecule has 1 fully saturated rings. The molecule has 2 aromatic carbocycles. The van der Waals surface area contributed by atoms with E-state index in [1.165, 1.54) is 11.1 Å². The van der Waals surface area contributed by atoms with Crippen molar-refractivity contribution < 1.29 is 9.53 Å². The highest BCUT2D eigenvalue weighted by Crippen LogP contribution is 2.23. The van der Waals surface area contributed by atoms with E-state index in [1.807, 2.05) is 31.2 Å². The summed E-state index contributed by atoms with van der Waals surface area (Å²) in [6, 6.07) is 16.8. The molecular formula is C21H26ClN3O2. The lowest BCUT2D eigenvalue weighted by atomic mass is 9.99. The predicted molar refractivity (Wildman–Crippen MR) is 109 cm³/mol. The van der Waals surface area contributed by atoms with E-state index in [0.29, 0.717) is 6.04 Å². The molecule has 1 aliphatic heterocycles. The van der Waals surface area contributed by atoms with Gasteiger partial charge in [-0.25, -0.2) is 0 Å². The summed E-state index contributed by atoms with van der Waals surface area (Å²) in [7, 11) is 0. The van der Waals surface area contributed by atoms with Crippen molar-refractivity contribution >= 4 is 17.5 Å². The number of primary amides is 1. The van der Waals surface area contributed by atoms with Crippen LogP contribution in [0.3, 0.4) is 0 Å². The average molecular weight is 388 g/mol. The first-order valence-corrected chi connectivity index (χ1v) is 9.62. The number of hydrogen-bond acceptors (Lipinski definition) is 4. The standard InChI is InChI=1S/C21H26ClN3O2/c1-15(27-14-21(23)26)25-11-10-24-13-20(25)12-16-2-4-17(5-3-16)18-6-8-19(22)9-7-18/h2-9,15,20,24H,10-14H2,1H3,(H2,23,26). The molecule has 27 heavy (non-hydrogen) atoms. The highest BCUT2D eigenvalue weighted by molar-refractivity contribution is 6.30. The van der Waals surface area contributed by atoms with Crippen molar-refractivity contribution in [1.82, 2.24) is 10.2 Å². The van der Waals surface area contributed by atoms with Gasteiger partial charge in [0.05, 0.1) is 0 Å². The van der Waals surface area contributed by atoms with Crippen LogP contribution in [0.5, 0.6) is 0 Å².